The van der Waals surface area contributed by atoms with Crippen molar-refractivity contribution in [3.63, 3.8) is 0 Å². The number of nitrogens with one attached hydrogen (secondary N) is 4. The fourth-order valence-corrected chi connectivity index (χ4v) is 10.1. The molecule has 5 amide bonds. The zero-order valence-corrected chi connectivity index (χ0v) is 43.8. The summed E-state index contributed by atoms with van der Waals surface area (Å²) in [5.41, 5.74) is 43.9. The third kappa shape index (κ3) is 15.0. The van der Waals surface area contributed by atoms with Crippen molar-refractivity contribution < 1.29 is 83.0 Å². The van der Waals surface area contributed by atoms with Crippen LogP contribution in [-0.2, 0) is 65.4 Å². The van der Waals surface area contributed by atoms with E-state index >= 15 is 0 Å². The summed E-state index contributed by atoms with van der Waals surface area (Å²) < 4.78 is 37.7. The number of aliphatic hydroxyl groups is 6. The Bertz CT molecular complexity index is 2570. The van der Waals surface area contributed by atoms with Gasteiger partial charge in [-0.15, -0.1) is 16.4 Å². The van der Waals surface area contributed by atoms with Crippen LogP contribution in [0.3, 0.4) is 0 Å². The molecule has 4 fully saturated rings. The molecule has 1 aromatic carbocycles. The van der Waals surface area contributed by atoms with Crippen LogP contribution in [0.5, 0.6) is 0 Å². The van der Waals surface area contributed by atoms with Gasteiger partial charge in [-0.05, 0) is 25.5 Å². The van der Waals surface area contributed by atoms with Crippen molar-refractivity contribution in [2.24, 2.45) is 40.1 Å². The number of thiazole rings is 1. The number of carbonyl (C=O) groups excluding carboxylic acids is 5. The molecule has 0 bridgehead atoms. The number of aliphatic hydroxyl groups excluding tert-OH is 6. The minimum Gasteiger partial charge on any atom is -0.389 e. The Kier molecular flexibility index (Phi) is 20.9. The van der Waals surface area contributed by atoms with Crippen molar-refractivity contribution in [1.29, 1.82) is 0 Å². The zero-order chi connectivity index (χ0) is 57.6. The lowest BCUT2D eigenvalue weighted by molar-refractivity contribution is -0.306. The number of anilines is 2. The second kappa shape index (κ2) is 26.9. The maximum Gasteiger partial charge on any atom is 0.243 e. The quantitative estimate of drug-likeness (QED) is 0.0444. The van der Waals surface area contributed by atoms with E-state index in [-0.39, 0.29) is 56.9 Å². The molecule has 3 aromatic rings. The molecule has 1 aliphatic carbocycles. The molecule has 2 aromatic heterocycles. The molecule has 0 radical (unpaired) electrons. The Morgan fingerprint density at radius 2 is 1.37 bits per heavy atom. The topological polar surface area (TPSA) is 536 Å². The van der Waals surface area contributed by atoms with Gasteiger partial charge in [-0.3, -0.25) is 24.0 Å². The van der Waals surface area contributed by atoms with Gasteiger partial charge in [0.25, 0.3) is 0 Å². The van der Waals surface area contributed by atoms with E-state index in [0.717, 1.165) is 0 Å². The van der Waals surface area contributed by atoms with E-state index in [1.165, 1.54) is 36.1 Å². The molecule has 24 N–H and O–H groups in total. The number of rotatable bonds is 22. The van der Waals surface area contributed by atoms with Crippen molar-refractivity contribution in [2.75, 3.05) is 23.7 Å². The molecule has 33 heteroatoms. The number of carbonyl (C=O) groups is 5. The van der Waals surface area contributed by atoms with Gasteiger partial charge >= 0.3 is 0 Å². The molecule has 0 spiro atoms. The molecule has 21 atom stereocenters. The minimum atomic E-state index is -1.78. The van der Waals surface area contributed by atoms with Gasteiger partial charge in [0.05, 0.1) is 36.1 Å². The summed E-state index contributed by atoms with van der Waals surface area (Å²) in [6.45, 7) is 1.88. The first-order valence-electron chi connectivity index (χ1n) is 25.3. The second-order valence-electron chi connectivity index (χ2n) is 19.8. The van der Waals surface area contributed by atoms with Crippen molar-refractivity contribution in [1.82, 2.24) is 30.6 Å². The standard InChI is InChI=1S/C46H71N15O17S/c1-16(41(53)71)54-42(72)23(57-29(64)7-6-28(63)56-19-5-3-4-18(8-19)24-15-79-46(58-24)55-17(2)62)9-20-13-61(60-59-20)14-27-39(77-44-31(52)36(69)34(67)26(12-48)74-44)37(70)45(75-27)78-40-32(65)21(49)10-22(50)38(40)76-43-30(51)35(68)33(66)25(11-47)73-43/h3-5,8,13,15-16,21-23,25-27,30-40,43-45,65-70H,6-7,9-12,14,47-52H2,1-2H3,(H2,53,71)(H,54,72)(H,56,63)(H,57,64)(H,55,58,62)/t16-,21+,22-,23-,25+,26-,27+,30+,31+,32-,33+,34+,35+,36+,37+,38+,39+,40+,43+,44+,45-/m0/s1. The predicted molar refractivity (Wildman–Crippen MR) is 273 cm³/mol. The summed E-state index contributed by atoms with van der Waals surface area (Å²) in [5, 5.41) is 86.8. The molecule has 79 heavy (non-hydrogen) atoms. The van der Waals surface area contributed by atoms with Crippen LogP contribution in [0.4, 0.5) is 10.8 Å². The molecule has 4 aliphatic rings. The third-order valence-corrected chi connectivity index (χ3v) is 14.6. The zero-order valence-electron chi connectivity index (χ0n) is 43.0. The van der Waals surface area contributed by atoms with Crippen LogP contribution in [0.25, 0.3) is 11.3 Å². The normalized spacial score (nSPS) is 34.5. The number of primary amides is 1. The number of ether oxygens (including phenoxy) is 6. The van der Waals surface area contributed by atoms with Crippen molar-refractivity contribution in [3.8, 4) is 11.3 Å². The van der Waals surface area contributed by atoms with Gasteiger partial charge in [0.1, 0.15) is 79.2 Å². The fourth-order valence-electron chi connectivity index (χ4n) is 9.34. The fraction of sp³-hybridized carbons (Fsp3) is 0.652. The summed E-state index contributed by atoms with van der Waals surface area (Å²) in [6.07, 6.45) is -21.6. The largest absolute Gasteiger partial charge is 0.389 e. The van der Waals surface area contributed by atoms with E-state index in [9.17, 15) is 54.6 Å². The van der Waals surface area contributed by atoms with Crippen LogP contribution in [0.2, 0.25) is 0 Å². The van der Waals surface area contributed by atoms with Crippen LogP contribution < -0.4 is 61.4 Å². The van der Waals surface area contributed by atoms with Gasteiger partial charge in [0.2, 0.25) is 29.5 Å². The summed E-state index contributed by atoms with van der Waals surface area (Å²) in [7, 11) is 0. The van der Waals surface area contributed by atoms with E-state index in [1.807, 2.05) is 0 Å². The highest BCUT2D eigenvalue weighted by Crippen LogP contribution is 2.35. The molecule has 7 rings (SSSR count). The molecule has 5 heterocycles. The first-order chi connectivity index (χ1) is 37.5. The molecule has 3 aliphatic heterocycles. The first-order valence-corrected chi connectivity index (χ1v) is 26.2. The van der Waals surface area contributed by atoms with Crippen LogP contribution in [0.15, 0.2) is 35.8 Å². The highest BCUT2D eigenvalue weighted by Gasteiger charge is 2.55. The van der Waals surface area contributed by atoms with E-state index < -0.39 is 152 Å². The van der Waals surface area contributed by atoms with Crippen molar-refractivity contribution in [2.45, 2.75) is 174 Å². The Morgan fingerprint density at radius 1 is 0.759 bits per heavy atom. The van der Waals surface area contributed by atoms with Gasteiger partial charge in [0, 0.05) is 74.2 Å². The first kappa shape index (κ1) is 61.2. The highest BCUT2D eigenvalue weighted by molar-refractivity contribution is 7.14. The number of nitrogens with two attached hydrogens (primary N) is 7. The summed E-state index contributed by atoms with van der Waals surface area (Å²) >= 11 is 1.23. The number of benzene rings is 1. The lowest BCUT2D eigenvalue weighted by Crippen LogP contribution is -2.68. The molecular weight excluding hydrogens is 1070 g/mol. The van der Waals surface area contributed by atoms with E-state index in [2.05, 4.69) is 36.6 Å². The second-order valence-corrected chi connectivity index (χ2v) is 20.7. The van der Waals surface area contributed by atoms with Gasteiger partial charge in [0.15, 0.2) is 24.0 Å². The van der Waals surface area contributed by atoms with Crippen LogP contribution in [-0.4, -0.2) is 222 Å². The smallest absolute Gasteiger partial charge is 0.243 e. The Balaban J connectivity index is 1.06. The van der Waals surface area contributed by atoms with Gasteiger partial charge in [-0.1, -0.05) is 17.3 Å². The molecule has 3 saturated heterocycles. The molecule has 438 valence electrons. The predicted octanol–water partition coefficient (Wildman–Crippen LogP) is -8.08. The van der Waals surface area contributed by atoms with Gasteiger partial charge in [-0.2, -0.15) is 0 Å². The average molecular weight is 1140 g/mol. The van der Waals surface area contributed by atoms with Crippen molar-refractivity contribution >= 4 is 51.7 Å². The highest BCUT2D eigenvalue weighted by atomic mass is 32.1. The SMILES string of the molecule is CC(=O)Nc1nc(-c2cccc(NC(=O)CCC(=O)N[C@@H](Cc3cn(C[C@H]4O[C@@H](O[C@@H]5[C@@H](O)[C@H](N)C[C@H](N)[C@H]5O[C@H]5O[C@H](CN)[C@@H](O)[C@H](O)[C@H]5N)[C@H](O)[C@@H]4O[C@H]4O[C@@H](CN)[C@@H](O)[C@H](O)[C@H]4N)nn3)C(=O)N[C@@H](C)C(N)=O)c2)cs1. The number of amides is 5. The lowest BCUT2D eigenvalue weighted by Gasteiger charge is -2.47. The van der Waals surface area contributed by atoms with E-state index in [1.54, 1.807) is 29.6 Å². The summed E-state index contributed by atoms with van der Waals surface area (Å²) in [4.78, 5) is 67.8. The number of hydrogen-bond donors (Lipinski definition) is 17. The van der Waals surface area contributed by atoms with Gasteiger partial charge < -0.3 is 120 Å². The van der Waals surface area contributed by atoms with E-state index in [4.69, 9.17) is 68.6 Å². The average Bonchev–Trinajstić information content (AvgIpc) is 4.14. The minimum absolute atomic E-state index is 0.00647. The summed E-state index contributed by atoms with van der Waals surface area (Å²) in [5.74, 6) is -3.24. The number of aromatic nitrogens is 4. The molecule has 1 saturated carbocycles. The van der Waals surface area contributed by atoms with Crippen LogP contribution in [0.1, 0.15) is 38.8 Å². The molecular formula is C46H71N15O17S. The van der Waals surface area contributed by atoms with Crippen LogP contribution in [0, 0.1) is 0 Å². The maximum absolute atomic E-state index is 13.6. The third-order valence-electron chi connectivity index (χ3n) is 13.8. The summed E-state index contributed by atoms with van der Waals surface area (Å²) in [6, 6.07) is -0.511. The van der Waals surface area contributed by atoms with E-state index in [0.29, 0.717) is 22.1 Å². The Morgan fingerprint density at radius 3 is 1.99 bits per heavy atom. The monoisotopic (exact) mass is 1140 g/mol. The molecule has 32 nitrogen and oxygen atoms in total. The van der Waals surface area contributed by atoms with Crippen LogP contribution >= 0.6 is 11.3 Å². The Labute approximate surface area is 455 Å². The number of nitrogens with zero attached hydrogens (tertiary/aromatic N) is 4. The van der Waals surface area contributed by atoms with Crippen molar-refractivity contribution in [3.05, 3.63) is 41.5 Å². The Hall–Kier alpha value is -5.38. The van der Waals surface area contributed by atoms with Gasteiger partial charge in [-0.25, -0.2) is 9.67 Å². The molecule has 0 unspecified atom stereocenters. The maximum atomic E-state index is 13.6. The number of hydrogen-bond acceptors (Lipinski definition) is 27. The lowest BCUT2D eigenvalue weighted by atomic mass is 9.84.